The summed E-state index contributed by atoms with van der Waals surface area (Å²) in [5.74, 6) is -0.182. The number of phosphoric acid groups is 1. The van der Waals surface area contributed by atoms with Crippen molar-refractivity contribution in [1.29, 1.82) is 0 Å². The fraction of sp³-hybridized carbons (Fsp3) is 0.906. The molecule has 0 saturated heterocycles. The second-order valence-electron chi connectivity index (χ2n) is 19.6. The van der Waals surface area contributed by atoms with E-state index in [1.165, 1.54) is 199 Å². The van der Waals surface area contributed by atoms with Crippen LogP contribution in [-0.4, -0.2) is 73.4 Å². The number of unbranched alkanes of at least 4 members (excludes halogenated alkanes) is 34. The summed E-state index contributed by atoms with van der Waals surface area (Å²) in [5, 5.41) is 13.9. The van der Waals surface area contributed by atoms with Crippen molar-refractivity contribution in [3.05, 3.63) is 24.3 Å². The number of aliphatic hydroxyl groups is 1. The lowest BCUT2D eigenvalue weighted by molar-refractivity contribution is -0.870. The molecule has 3 atom stereocenters. The minimum atomic E-state index is -4.35. The smallest absolute Gasteiger partial charge is 0.387 e. The zero-order valence-corrected chi connectivity index (χ0v) is 42.8. The normalized spacial score (nSPS) is 14.2. The molecule has 3 N–H and O–H groups in total. The van der Waals surface area contributed by atoms with Crippen LogP contribution in [0.1, 0.15) is 258 Å². The van der Waals surface area contributed by atoms with Crippen LogP contribution >= 0.6 is 7.82 Å². The van der Waals surface area contributed by atoms with E-state index in [-0.39, 0.29) is 19.1 Å². The number of carbonyl (C=O) groups excluding carboxylic acids is 1. The van der Waals surface area contributed by atoms with E-state index in [0.29, 0.717) is 17.4 Å². The number of carbonyl (C=O) groups is 1. The highest BCUT2D eigenvalue weighted by Gasteiger charge is 2.27. The van der Waals surface area contributed by atoms with Crippen LogP contribution in [0, 0.1) is 0 Å². The maximum absolute atomic E-state index is 12.9. The summed E-state index contributed by atoms with van der Waals surface area (Å²) in [6.07, 6.45) is 55.5. The number of rotatable bonds is 49. The Morgan fingerprint density at radius 2 is 0.887 bits per heavy atom. The molecule has 0 aromatic rings. The molecule has 0 aliphatic rings. The molecule has 0 aliphatic heterocycles. The number of hydrogen-bond donors (Lipinski definition) is 3. The number of quaternary nitrogens is 1. The Morgan fingerprint density at radius 3 is 1.29 bits per heavy atom. The Kier molecular flexibility index (Phi) is 44.4. The minimum absolute atomic E-state index is 0.0586. The summed E-state index contributed by atoms with van der Waals surface area (Å²) >= 11 is 0. The Bertz CT molecular complexity index is 1060. The van der Waals surface area contributed by atoms with Gasteiger partial charge < -0.3 is 19.8 Å². The van der Waals surface area contributed by atoms with Gasteiger partial charge in [0.05, 0.1) is 39.9 Å². The maximum atomic E-state index is 12.9. The second-order valence-corrected chi connectivity index (χ2v) is 21.1. The zero-order valence-electron chi connectivity index (χ0n) is 41.9. The fourth-order valence-electron chi connectivity index (χ4n) is 7.94. The summed E-state index contributed by atoms with van der Waals surface area (Å²) in [6, 6.07) is -0.859. The molecule has 1 amide bonds. The predicted molar refractivity (Wildman–Crippen MR) is 268 cm³/mol. The molecule has 0 aromatic heterocycles. The molecular weight excluding hydrogens is 792 g/mol. The topological polar surface area (TPSA) is 105 Å². The summed E-state index contributed by atoms with van der Waals surface area (Å²) in [4.78, 5) is 23.2. The number of likely N-dealkylation sites (N-methyl/N-ethyl adjacent to an activating group) is 1. The molecule has 3 unspecified atom stereocenters. The van der Waals surface area contributed by atoms with Crippen molar-refractivity contribution in [2.24, 2.45) is 0 Å². The molecular formula is C53H106N2O6P+. The van der Waals surface area contributed by atoms with Crippen LogP contribution in [0.5, 0.6) is 0 Å². The van der Waals surface area contributed by atoms with Gasteiger partial charge in [-0.25, -0.2) is 4.57 Å². The molecule has 9 heteroatoms. The first-order chi connectivity index (χ1) is 30.0. The van der Waals surface area contributed by atoms with Crippen molar-refractivity contribution in [2.45, 2.75) is 270 Å². The molecule has 0 fully saturated rings. The highest BCUT2D eigenvalue weighted by molar-refractivity contribution is 7.47. The number of nitrogens with zero attached hydrogens (tertiary/aromatic N) is 1. The first-order valence-corrected chi connectivity index (χ1v) is 28.2. The van der Waals surface area contributed by atoms with E-state index in [4.69, 9.17) is 9.05 Å². The molecule has 0 saturated carbocycles. The molecule has 0 bridgehead atoms. The number of phosphoric ester groups is 1. The first kappa shape index (κ1) is 61.0. The SMILES string of the molecule is CCCCCCCCCCCCC/C=C/CC/C=C/C(O)C(COP(=O)(O)OCC[N+](C)(C)C)NC(=O)CCCCCCCCCCCCCCCCCCCCCCCCC. The number of allylic oxidation sites excluding steroid dienone is 3. The molecule has 0 rings (SSSR count). The van der Waals surface area contributed by atoms with Crippen molar-refractivity contribution in [2.75, 3.05) is 40.9 Å². The van der Waals surface area contributed by atoms with Crippen molar-refractivity contribution < 1.29 is 32.9 Å². The monoisotopic (exact) mass is 898 g/mol. The quantitative estimate of drug-likeness (QED) is 0.0243. The predicted octanol–water partition coefficient (Wildman–Crippen LogP) is 15.6. The van der Waals surface area contributed by atoms with E-state index < -0.39 is 20.0 Å². The third-order valence-electron chi connectivity index (χ3n) is 12.2. The standard InChI is InChI=1S/C53H105N2O6P/c1-6-8-10-12-14-16-18-20-22-24-25-26-27-28-29-31-33-35-37-39-41-43-45-47-53(57)54-51(50-61-62(58,59)60-49-48-55(3,4)5)52(56)46-44-42-40-38-36-34-32-30-23-21-19-17-15-13-11-9-7-2/h36,38,44,46,51-52,56H,6-35,37,39-43,45,47-50H2,1-5H3,(H-,54,57,58,59)/p+1/b38-36+,46-44+. The Hall–Kier alpha value is -1.02. The molecule has 62 heavy (non-hydrogen) atoms. The summed E-state index contributed by atoms with van der Waals surface area (Å²) in [7, 11) is 1.57. The zero-order chi connectivity index (χ0) is 45.7. The van der Waals surface area contributed by atoms with Gasteiger partial charge in [0, 0.05) is 6.42 Å². The maximum Gasteiger partial charge on any atom is 0.472 e. The molecule has 368 valence electrons. The lowest BCUT2D eigenvalue weighted by Gasteiger charge is -2.25. The van der Waals surface area contributed by atoms with Gasteiger partial charge in [-0.05, 0) is 32.1 Å². The highest BCUT2D eigenvalue weighted by Crippen LogP contribution is 2.43. The van der Waals surface area contributed by atoms with Gasteiger partial charge in [0.15, 0.2) is 0 Å². The Balaban J connectivity index is 4.25. The van der Waals surface area contributed by atoms with Crippen molar-refractivity contribution in [1.82, 2.24) is 5.32 Å². The fourth-order valence-corrected chi connectivity index (χ4v) is 8.68. The summed E-state index contributed by atoms with van der Waals surface area (Å²) in [5.41, 5.74) is 0. The van der Waals surface area contributed by atoms with Gasteiger partial charge in [-0.3, -0.25) is 13.8 Å². The average Bonchev–Trinajstić information content (AvgIpc) is 3.23. The van der Waals surface area contributed by atoms with Gasteiger partial charge in [-0.1, -0.05) is 244 Å². The minimum Gasteiger partial charge on any atom is -0.387 e. The van der Waals surface area contributed by atoms with E-state index >= 15 is 0 Å². The number of hydrogen-bond acceptors (Lipinski definition) is 5. The van der Waals surface area contributed by atoms with E-state index in [1.807, 2.05) is 27.2 Å². The largest absolute Gasteiger partial charge is 0.472 e. The number of amides is 1. The van der Waals surface area contributed by atoms with Crippen molar-refractivity contribution in [3.8, 4) is 0 Å². The van der Waals surface area contributed by atoms with Crippen molar-refractivity contribution >= 4 is 13.7 Å². The van der Waals surface area contributed by atoms with E-state index in [1.54, 1.807) is 6.08 Å². The van der Waals surface area contributed by atoms with Gasteiger partial charge in [0.1, 0.15) is 13.2 Å². The van der Waals surface area contributed by atoms with Crippen LogP contribution in [0.2, 0.25) is 0 Å². The highest BCUT2D eigenvalue weighted by atomic mass is 31.2. The van der Waals surface area contributed by atoms with Crippen LogP contribution in [0.4, 0.5) is 0 Å². The summed E-state index contributed by atoms with van der Waals surface area (Å²) < 4.78 is 23.6. The van der Waals surface area contributed by atoms with Gasteiger partial charge in [-0.2, -0.15) is 0 Å². The second kappa shape index (κ2) is 45.1. The van der Waals surface area contributed by atoms with Crippen LogP contribution in [0.25, 0.3) is 0 Å². The molecule has 0 radical (unpaired) electrons. The van der Waals surface area contributed by atoms with E-state index in [2.05, 4.69) is 31.3 Å². The lowest BCUT2D eigenvalue weighted by Crippen LogP contribution is -2.45. The Labute approximate surface area is 385 Å². The third kappa shape index (κ3) is 47.0. The third-order valence-corrected chi connectivity index (χ3v) is 13.2. The Morgan fingerprint density at radius 1 is 0.532 bits per heavy atom. The van der Waals surface area contributed by atoms with Crippen molar-refractivity contribution in [3.63, 3.8) is 0 Å². The number of aliphatic hydroxyl groups excluding tert-OH is 1. The average molecular weight is 898 g/mol. The van der Waals surface area contributed by atoms with Gasteiger partial charge >= 0.3 is 7.82 Å². The number of nitrogens with one attached hydrogen (secondary N) is 1. The van der Waals surface area contributed by atoms with Gasteiger partial charge in [0.2, 0.25) is 5.91 Å². The van der Waals surface area contributed by atoms with Crippen LogP contribution in [-0.2, 0) is 18.4 Å². The van der Waals surface area contributed by atoms with E-state index in [0.717, 1.165) is 38.5 Å². The van der Waals surface area contributed by atoms with E-state index in [9.17, 15) is 19.4 Å². The molecule has 0 heterocycles. The summed E-state index contributed by atoms with van der Waals surface area (Å²) in [6.45, 7) is 4.83. The molecule has 8 nitrogen and oxygen atoms in total. The van der Waals surface area contributed by atoms with Crippen LogP contribution in [0.15, 0.2) is 24.3 Å². The lowest BCUT2D eigenvalue weighted by atomic mass is 10.0. The molecule has 0 aromatic carbocycles. The van der Waals surface area contributed by atoms with Gasteiger partial charge in [-0.15, -0.1) is 0 Å². The first-order valence-electron chi connectivity index (χ1n) is 26.7. The molecule has 0 spiro atoms. The van der Waals surface area contributed by atoms with Gasteiger partial charge in [0.25, 0.3) is 0 Å². The molecule has 0 aliphatic carbocycles. The van der Waals surface area contributed by atoms with Crippen LogP contribution in [0.3, 0.4) is 0 Å². The van der Waals surface area contributed by atoms with Crippen LogP contribution < -0.4 is 5.32 Å².